The van der Waals surface area contributed by atoms with E-state index in [0.29, 0.717) is 5.92 Å². The van der Waals surface area contributed by atoms with Crippen molar-refractivity contribution >= 4 is 27.5 Å². The van der Waals surface area contributed by atoms with Gasteiger partial charge in [-0.15, -0.1) is 0 Å². The van der Waals surface area contributed by atoms with Crippen LogP contribution < -0.4 is 0 Å². The Bertz CT molecular complexity index is 1930. The number of hydrogen-bond donors (Lipinski definition) is 0. The summed E-state index contributed by atoms with van der Waals surface area (Å²) in [6.45, 7) is 2.33. The lowest BCUT2D eigenvalue weighted by Crippen LogP contribution is -2.31. The van der Waals surface area contributed by atoms with Gasteiger partial charge in [-0.3, -0.25) is 0 Å². The Morgan fingerprint density at radius 1 is 0.641 bits per heavy atom. The molecule has 0 radical (unpaired) electrons. The fourth-order valence-corrected chi connectivity index (χ4v) is 7.06. The molecule has 0 saturated carbocycles. The Hall–Kier alpha value is -4.62. The third kappa shape index (κ3) is 3.14. The molecular formula is C38H28O. The molecule has 186 valence electrons. The molecule has 8 rings (SSSR count). The van der Waals surface area contributed by atoms with Crippen molar-refractivity contribution < 1.29 is 4.42 Å². The molecule has 1 nitrogen and oxygen atoms in total. The predicted octanol–water partition coefficient (Wildman–Crippen LogP) is 9.95. The van der Waals surface area contributed by atoms with E-state index in [1.54, 1.807) is 0 Å². The van der Waals surface area contributed by atoms with Crippen molar-refractivity contribution in [3.8, 4) is 11.1 Å². The molecule has 5 aromatic carbocycles. The topological polar surface area (TPSA) is 13.1 Å². The molecule has 0 aliphatic heterocycles. The number of furan rings is 1. The second kappa shape index (κ2) is 8.44. The maximum Gasteiger partial charge on any atom is 0.143 e. The third-order valence-corrected chi connectivity index (χ3v) is 8.76. The van der Waals surface area contributed by atoms with E-state index < -0.39 is 0 Å². The molecule has 39 heavy (non-hydrogen) atoms. The quantitative estimate of drug-likeness (QED) is 0.236. The molecule has 0 bridgehead atoms. The van der Waals surface area contributed by atoms with Crippen LogP contribution in [0.5, 0.6) is 0 Å². The summed E-state index contributed by atoms with van der Waals surface area (Å²) >= 11 is 0. The molecule has 6 aromatic rings. The summed E-state index contributed by atoms with van der Waals surface area (Å²) in [5, 5.41) is 2.32. The number of para-hydroxylation sites is 2. The second-order valence-corrected chi connectivity index (χ2v) is 11.0. The van der Waals surface area contributed by atoms with Crippen molar-refractivity contribution in [1.29, 1.82) is 0 Å². The summed E-state index contributed by atoms with van der Waals surface area (Å²) in [4.78, 5) is 0. The summed E-state index contributed by atoms with van der Waals surface area (Å²) in [6.07, 6.45) is 5.78. The zero-order chi connectivity index (χ0) is 26.0. The molecule has 0 saturated heterocycles. The molecule has 1 heterocycles. The summed E-state index contributed by atoms with van der Waals surface area (Å²) in [5.74, 6) is 0.506. The van der Waals surface area contributed by atoms with Gasteiger partial charge in [0.25, 0.3) is 0 Å². The Kier molecular flexibility index (Phi) is 4.84. The number of rotatable bonds is 3. The largest absolute Gasteiger partial charge is 0.455 e. The van der Waals surface area contributed by atoms with Gasteiger partial charge in [-0.1, -0.05) is 134 Å². The van der Waals surface area contributed by atoms with Crippen molar-refractivity contribution in [1.82, 2.24) is 0 Å². The van der Waals surface area contributed by atoms with Crippen LogP contribution in [-0.2, 0) is 5.41 Å². The van der Waals surface area contributed by atoms with E-state index in [1.165, 1.54) is 39.0 Å². The van der Waals surface area contributed by atoms with Crippen LogP contribution in [0.15, 0.2) is 143 Å². The minimum Gasteiger partial charge on any atom is -0.455 e. The lowest BCUT2D eigenvalue weighted by molar-refractivity contribution is 0.622. The second-order valence-electron chi connectivity index (χ2n) is 11.0. The molecule has 0 spiro atoms. The van der Waals surface area contributed by atoms with Gasteiger partial charge in [0.2, 0.25) is 0 Å². The van der Waals surface area contributed by atoms with Crippen LogP contribution >= 0.6 is 0 Å². The molecule has 2 aliphatic rings. The highest BCUT2D eigenvalue weighted by Gasteiger charge is 2.47. The first-order chi connectivity index (χ1) is 19.2. The smallest absolute Gasteiger partial charge is 0.143 e. The van der Waals surface area contributed by atoms with Crippen LogP contribution in [-0.4, -0.2) is 0 Å². The predicted molar refractivity (Wildman–Crippen MR) is 162 cm³/mol. The maximum atomic E-state index is 6.37. The van der Waals surface area contributed by atoms with Gasteiger partial charge >= 0.3 is 0 Å². The Morgan fingerprint density at radius 2 is 1.33 bits per heavy atom. The molecule has 0 N–H and O–H groups in total. The van der Waals surface area contributed by atoms with Gasteiger partial charge in [0, 0.05) is 16.3 Å². The minimum absolute atomic E-state index is 0.309. The number of allylic oxidation sites excluding steroid dienone is 4. The van der Waals surface area contributed by atoms with Gasteiger partial charge in [-0.2, -0.15) is 0 Å². The molecule has 2 unspecified atom stereocenters. The van der Waals surface area contributed by atoms with Gasteiger partial charge in [0.15, 0.2) is 0 Å². The maximum absolute atomic E-state index is 6.37. The first-order valence-corrected chi connectivity index (χ1v) is 13.8. The van der Waals surface area contributed by atoms with Crippen molar-refractivity contribution in [3.05, 3.63) is 161 Å². The highest BCUT2D eigenvalue weighted by Crippen LogP contribution is 2.57. The van der Waals surface area contributed by atoms with E-state index in [1.807, 2.05) is 12.1 Å². The fourth-order valence-electron chi connectivity index (χ4n) is 7.06. The molecule has 0 fully saturated rings. The van der Waals surface area contributed by atoms with Gasteiger partial charge in [-0.25, -0.2) is 0 Å². The normalized spacial score (nSPS) is 20.0. The van der Waals surface area contributed by atoms with E-state index in [-0.39, 0.29) is 5.41 Å². The number of hydrogen-bond acceptors (Lipinski definition) is 1. The van der Waals surface area contributed by atoms with E-state index in [9.17, 15) is 0 Å². The molecular weight excluding hydrogens is 472 g/mol. The molecule has 0 amide bonds. The summed E-state index contributed by atoms with van der Waals surface area (Å²) in [7, 11) is 0. The monoisotopic (exact) mass is 500 g/mol. The van der Waals surface area contributed by atoms with Gasteiger partial charge in [-0.05, 0) is 57.4 Å². The SMILES string of the molecule is CC1C=CC2=C(C1)C(c1ccccc1)(c1ccc(-c3cccc4c3oc3ccccc34)cc1)c1ccccc12. The molecule has 1 heteroatoms. The van der Waals surface area contributed by atoms with Crippen LogP contribution in [0.25, 0.3) is 38.6 Å². The van der Waals surface area contributed by atoms with Crippen molar-refractivity contribution in [2.45, 2.75) is 18.8 Å². The van der Waals surface area contributed by atoms with E-state index >= 15 is 0 Å². The zero-order valence-electron chi connectivity index (χ0n) is 21.9. The summed E-state index contributed by atoms with van der Waals surface area (Å²) in [5.41, 5.74) is 12.2. The summed E-state index contributed by atoms with van der Waals surface area (Å²) < 4.78 is 6.37. The van der Waals surface area contributed by atoms with Crippen LogP contribution in [0.1, 0.15) is 35.6 Å². The fraction of sp³-hybridized carbons (Fsp3) is 0.105. The highest BCUT2D eigenvalue weighted by molar-refractivity contribution is 6.09. The van der Waals surface area contributed by atoms with Crippen LogP contribution in [0.4, 0.5) is 0 Å². The average molecular weight is 501 g/mol. The highest BCUT2D eigenvalue weighted by atomic mass is 16.3. The van der Waals surface area contributed by atoms with E-state index in [0.717, 1.165) is 33.9 Å². The van der Waals surface area contributed by atoms with Crippen LogP contribution in [0, 0.1) is 5.92 Å². The lowest BCUT2D eigenvalue weighted by atomic mass is 9.64. The standard InChI is InChI=1S/C38H28O/c1-25-18-23-31-30-12-5-7-16-34(30)38(35(31)24-25,27-10-3-2-4-11-27)28-21-19-26(20-22-28)29-14-9-15-33-32-13-6-8-17-36(32)39-37(29)33/h2-23,25H,24H2,1H3. The first kappa shape index (κ1) is 22.4. The molecule has 2 aliphatic carbocycles. The van der Waals surface area contributed by atoms with E-state index in [2.05, 4.69) is 128 Å². The molecule has 2 atom stereocenters. The van der Waals surface area contributed by atoms with Gasteiger partial charge in [0.1, 0.15) is 11.2 Å². The number of fused-ring (bicyclic) bond motifs is 5. The van der Waals surface area contributed by atoms with Gasteiger partial charge < -0.3 is 4.42 Å². The molecule has 1 aromatic heterocycles. The third-order valence-electron chi connectivity index (χ3n) is 8.76. The summed E-state index contributed by atoms with van der Waals surface area (Å²) in [6, 6.07) is 44.1. The average Bonchev–Trinajstić information content (AvgIpc) is 3.51. The van der Waals surface area contributed by atoms with Crippen molar-refractivity contribution in [2.75, 3.05) is 0 Å². The Balaban J connectivity index is 1.35. The Morgan fingerprint density at radius 3 is 2.21 bits per heavy atom. The Labute approximate surface area is 228 Å². The first-order valence-electron chi connectivity index (χ1n) is 13.8. The minimum atomic E-state index is -0.309. The van der Waals surface area contributed by atoms with E-state index in [4.69, 9.17) is 4.42 Å². The zero-order valence-corrected chi connectivity index (χ0v) is 21.9. The van der Waals surface area contributed by atoms with Crippen LogP contribution in [0.3, 0.4) is 0 Å². The van der Waals surface area contributed by atoms with Crippen molar-refractivity contribution in [3.63, 3.8) is 0 Å². The van der Waals surface area contributed by atoms with Gasteiger partial charge in [0.05, 0.1) is 5.41 Å². The lowest BCUT2D eigenvalue weighted by Gasteiger charge is -2.37. The van der Waals surface area contributed by atoms with Crippen molar-refractivity contribution in [2.24, 2.45) is 5.92 Å². The number of benzene rings is 5. The van der Waals surface area contributed by atoms with Crippen LogP contribution in [0.2, 0.25) is 0 Å².